The number of rotatable bonds is 6. The second-order valence-corrected chi connectivity index (χ2v) is 6.15. The summed E-state index contributed by atoms with van der Waals surface area (Å²) in [6, 6.07) is 2.49. The molecule has 1 aliphatic rings. The van der Waals surface area contributed by atoms with Gasteiger partial charge in [0, 0.05) is 24.6 Å². The molecule has 0 amide bonds. The maximum atomic E-state index is 8.87. The van der Waals surface area contributed by atoms with Crippen molar-refractivity contribution in [2.24, 2.45) is 0 Å². The van der Waals surface area contributed by atoms with Gasteiger partial charge >= 0.3 is 0 Å². The monoisotopic (exact) mass is 315 g/mol. The van der Waals surface area contributed by atoms with Gasteiger partial charge in [-0.1, -0.05) is 25.7 Å². The van der Waals surface area contributed by atoms with E-state index in [4.69, 9.17) is 5.11 Å². The summed E-state index contributed by atoms with van der Waals surface area (Å²) < 4.78 is 0. The van der Waals surface area contributed by atoms with Gasteiger partial charge in [0.1, 0.15) is 18.0 Å². The van der Waals surface area contributed by atoms with Crippen molar-refractivity contribution < 1.29 is 5.11 Å². The molecule has 0 spiro atoms. The van der Waals surface area contributed by atoms with E-state index >= 15 is 0 Å². The van der Waals surface area contributed by atoms with E-state index < -0.39 is 0 Å². The number of hydrogen-bond donors (Lipinski definition) is 3. The summed E-state index contributed by atoms with van der Waals surface area (Å²) in [6.07, 6.45) is 11.7. The number of anilines is 2. The van der Waals surface area contributed by atoms with E-state index in [0.717, 1.165) is 22.5 Å². The van der Waals surface area contributed by atoms with E-state index in [2.05, 4.69) is 25.6 Å². The normalized spacial score (nSPS) is 16.2. The molecule has 0 bridgehead atoms. The van der Waals surface area contributed by atoms with Gasteiger partial charge in [-0.25, -0.2) is 15.0 Å². The first kappa shape index (κ1) is 15.9. The minimum Gasteiger partial charge on any atom is -0.396 e. The quantitative estimate of drug-likeness (QED) is 0.561. The summed E-state index contributed by atoms with van der Waals surface area (Å²) in [6.45, 7) is 0.881. The number of nitrogens with zero attached hydrogens (tertiary/aromatic N) is 3. The van der Waals surface area contributed by atoms with Crippen LogP contribution in [0.25, 0.3) is 10.9 Å². The van der Waals surface area contributed by atoms with Crippen molar-refractivity contribution in [1.29, 1.82) is 0 Å². The van der Waals surface area contributed by atoms with Gasteiger partial charge in [0.05, 0.1) is 11.7 Å². The van der Waals surface area contributed by atoms with Gasteiger partial charge in [-0.05, 0) is 25.3 Å². The fourth-order valence-electron chi connectivity index (χ4n) is 3.08. The van der Waals surface area contributed by atoms with Crippen LogP contribution in [0.4, 0.5) is 11.6 Å². The Morgan fingerprint density at radius 2 is 1.91 bits per heavy atom. The molecular weight excluding hydrogens is 290 g/mol. The second kappa shape index (κ2) is 8.06. The number of nitrogens with one attached hydrogen (secondary N) is 2. The maximum absolute atomic E-state index is 8.87. The fraction of sp³-hybridized carbons (Fsp3) is 0.588. The van der Waals surface area contributed by atoms with Crippen LogP contribution in [0.15, 0.2) is 18.6 Å². The van der Waals surface area contributed by atoms with Crippen molar-refractivity contribution in [2.45, 2.75) is 51.0 Å². The van der Waals surface area contributed by atoms with Crippen LogP contribution in [0, 0.1) is 0 Å². The summed E-state index contributed by atoms with van der Waals surface area (Å²) in [7, 11) is 0. The Morgan fingerprint density at radius 3 is 2.70 bits per heavy atom. The molecule has 0 aromatic carbocycles. The molecule has 1 aliphatic carbocycles. The van der Waals surface area contributed by atoms with E-state index in [1.165, 1.54) is 38.5 Å². The van der Waals surface area contributed by atoms with Crippen molar-refractivity contribution >= 4 is 22.5 Å². The van der Waals surface area contributed by atoms with E-state index in [-0.39, 0.29) is 6.61 Å². The zero-order valence-corrected chi connectivity index (χ0v) is 13.5. The Balaban J connectivity index is 1.79. The Morgan fingerprint density at radius 1 is 1.09 bits per heavy atom. The Kier molecular flexibility index (Phi) is 5.58. The second-order valence-electron chi connectivity index (χ2n) is 6.15. The Hall–Kier alpha value is -1.95. The number of aromatic nitrogens is 3. The van der Waals surface area contributed by atoms with Gasteiger partial charge in [0.15, 0.2) is 0 Å². The average molecular weight is 315 g/mol. The molecule has 124 valence electrons. The predicted octanol–water partition coefficient (Wildman–Crippen LogP) is 2.95. The molecule has 2 aromatic heterocycles. The van der Waals surface area contributed by atoms with Gasteiger partial charge < -0.3 is 15.7 Å². The lowest BCUT2D eigenvalue weighted by Gasteiger charge is -2.18. The highest BCUT2D eigenvalue weighted by atomic mass is 16.3. The Bertz CT molecular complexity index is 625. The zero-order valence-electron chi connectivity index (χ0n) is 13.5. The fourth-order valence-corrected chi connectivity index (χ4v) is 3.08. The van der Waals surface area contributed by atoms with E-state index in [1.807, 2.05) is 6.07 Å². The van der Waals surface area contributed by atoms with Crippen molar-refractivity contribution in [2.75, 3.05) is 23.8 Å². The van der Waals surface area contributed by atoms with Crippen LogP contribution in [0.2, 0.25) is 0 Å². The summed E-state index contributed by atoms with van der Waals surface area (Å²) in [5.41, 5.74) is 0.851. The van der Waals surface area contributed by atoms with Crippen LogP contribution in [0.1, 0.15) is 44.9 Å². The van der Waals surface area contributed by atoms with Crippen LogP contribution >= 0.6 is 0 Å². The molecule has 2 heterocycles. The third kappa shape index (κ3) is 4.28. The van der Waals surface area contributed by atoms with E-state index in [9.17, 15) is 0 Å². The molecule has 0 radical (unpaired) electrons. The standard InChI is InChI=1S/C17H25N5O/c23-9-5-8-18-16-10-14-15(11-19-16)20-12-21-17(14)22-13-6-3-1-2-4-7-13/h10-13,23H,1-9H2,(H,18,19)(H,20,21,22). The number of hydrogen-bond acceptors (Lipinski definition) is 6. The summed E-state index contributed by atoms with van der Waals surface area (Å²) >= 11 is 0. The summed E-state index contributed by atoms with van der Waals surface area (Å²) in [5.74, 6) is 1.69. The highest BCUT2D eigenvalue weighted by Crippen LogP contribution is 2.25. The molecule has 0 atom stereocenters. The lowest BCUT2D eigenvalue weighted by atomic mass is 10.1. The zero-order chi connectivity index (χ0) is 15.9. The number of aliphatic hydroxyl groups excluding tert-OH is 1. The van der Waals surface area contributed by atoms with Crippen LogP contribution in [0.3, 0.4) is 0 Å². The molecule has 0 aliphatic heterocycles. The van der Waals surface area contributed by atoms with Crippen molar-refractivity contribution in [3.05, 3.63) is 18.6 Å². The molecule has 3 N–H and O–H groups in total. The van der Waals surface area contributed by atoms with Gasteiger partial charge in [0.25, 0.3) is 0 Å². The van der Waals surface area contributed by atoms with Crippen LogP contribution in [-0.2, 0) is 0 Å². The first-order valence-electron chi connectivity index (χ1n) is 8.59. The van der Waals surface area contributed by atoms with Gasteiger partial charge in [0.2, 0.25) is 0 Å². The SMILES string of the molecule is OCCCNc1cc2c(NC3CCCCCC3)ncnc2cn1. The third-order valence-electron chi connectivity index (χ3n) is 4.36. The summed E-state index contributed by atoms with van der Waals surface area (Å²) in [4.78, 5) is 13.1. The smallest absolute Gasteiger partial charge is 0.137 e. The topological polar surface area (TPSA) is 83.0 Å². The molecule has 1 saturated carbocycles. The number of pyridine rings is 1. The van der Waals surface area contributed by atoms with Crippen molar-refractivity contribution in [1.82, 2.24) is 15.0 Å². The number of fused-ring (bicyclic) bond motifs is 1. The van der Waals surface area contributed by atoms with E-state index in [0.29, 0.717) is 19.0 Å². The molecule has 6 heteroatoms. The number of aliphatic hydroxyl groups is 1. The highest BCUT2D eigenvalue weighted by Gasteiger charge is 2.14. The van der Waals surface area contributed by atoms with E-state index in [1.54, 1.807) is 12.5 Å². The van der Waals surface area contributed by atoms with Crippen LogP contribution in [-0.4, -0.2) is 39.3 Å². The predicted molar refractivity (Wildman–Crippen MR) is 92.6 cm³/mol. The van der Waals surface area contributed by atoms with Crippen LogP contribution < -0.4 is 10.6 Å². The van der Waals surface area contributed by atoms with Crippen LogP contribution in [0.5, 0.6) is 0 Å². The highest BCUT2D eigenvalue weighted by molar-refractivity contribution is 5.90. The summed E-state index contributed by atoms with van der Waals surface area (Å²) in [5, 5.41) is 16.7. The molecule has 23 heavy (non-hydrogen) atoms. The van der Waals surface area contributed by atoms with Crippen molar-refractivity contribution in [3.8, 4) is 0 Å². The van der Waals surface area contributed by atoms with Gasteiger partial charge in [-0.15, -0.1) is 0 Å². The van der Waals surface area contributed by atoms with Gasteiger partial charge in [-0.3, -0.25) is 0 Å². The lowest BCUT2D eigenvalue weighted by molar-refractivity contribution is 0.292. The lowest BCUT2D eigenvalue weighted by Crippen LogP contribution is -2.19. The Labute approximate surface area is 136 Å². The molecule has 0 unspecified atom stereocenters. The third-order valence-corrected chi connectivity index (χ3v) is 4.36. The first-order chi connectivity index (χ1) is 11.4. The molecule has 6 nitrogen and oxygen atoms in total. The molecular formula is C17H25N5O. The first-order valence-corrected chi connectivity index (χ1v) is 8.59. The molecule has 0 saturated heterocycles. The van der Waals surface area contributed by atoms with Crippen molar-refractivity contribution in [3.63, 3.8) is 0 Å². The molecule has 1 fully saturated rings. The molecule has 3 rings (SSSR count). The van der Waals surface area contributed by atoms with Gasteiger partial charge in [-0.2, -0.15) is 0 Å². The molecule has 2 aromatic rings. The largest absolute Gasteiger partial charge is 0.396 e. The minimum atomic E-state index is 0.179. The maximum Gasteiger partial charge on any atom is 0.137 e. The average Bonchev–Trinajstić information content (AvgIpc) is 2.84. The minimum absolute atomic E-state index is 0.179.